The third-order valence-electron chi connectivity index (χ3n) is 4.82. The quantitative estimate of drug-likeness (QED) is 0.572. The Morgan fingerprint density at radius 2 is 1.90 bits per heavy atom. The first-order chi connectivity index (χ1) is 14.8. The van der Waals surface area contributed by atoms with Crippen molar-refractivity contribution in [2.45, 2.75) is 24.9 Å². The first-order valence-corrected chi connectivity index (χ1v) is 9.33. The molecule has 1 fully saturated rings. The van der Waals surface area contributed by atoms with Gasteiger partial charge in [0.05, 0.1) is 12.1 Å². The predicted octanol–water partition coefficient (Wildman–Crippen LogP) is 4.13. The number of aromatic nitrogens is 3. The second-order valence-electron chi connectivity index (χ2n) is 7.00. The number of nitrogens with zero attached hydrogens (tertiary/aromatic N) is 4. The van der Waals surface area contributed by atoms with Gasteiger partial charge in [-0.05, 0) is 37.1 Å². The summed E-state index contributed by atoms with van der Waals surface area (Å²) < 4.78 is 62.8. The fourth-order valence-electron chi connectivity index (χ4n) is 3.41. The normalized spacial score (nSPS) is 19.3. The van der Waals surface area contributed by atoms with E-state index in [9.17, 15) is 18.0 Å². The third kappa shape index (κ3) is 4.49. The van der Waals surface area contributed by atoms with E-state index < -0.39 is 30.2 Å². The van der Waals surface area contributed by atoms with Gasteiger partial charge in [0.1, 0.15) is 5.75 Å². The Kier molecular flexibility index (Phi) is 5.34. The van der Waals surface area contributed by atoms with Crippen LogP contribution in [0.1, 0.15) is 29.1 Å². The van der Waals surface area contributed by atoms with Gasteiger partial charge in [0.15, 0.2) is 0 Å². The molecule has 1 amide bonds. The molecule has 1 atom stereocenters. The van der Waals surface area contributed by atoms with Gasteiger partial charge in [0, 0.05) is 24.5 Å². The lowest BCUT2D eigenvalue weighted by atomic mass is 9.94. The molecule has 4 rings (SSSR count). The molecular formula is C20H16F4N4O3. The number of hydrogen-bond acceptors (Lipinski definition) is 6. The minimum absolute atomic E-state index is 0.0233. The van der Waals surface area contributed by atoms with Crippen LogP contribution < -0.4 is 4.74 Å². The molecule has 1 unspecified atom stereocenters. The molecule has 0 bridgehead atoms. The van der Waals surface area contributed by atoms with E-state index in [0.29, 0.717) is 5.56 Å². The zero-order valence-electron chi connectivity index (χ0n) is 16.0. The van der Waals surface area contributed by atoms with Crippen molar-refractivity contribution in [1.82, 2.24) is 20.0 Å². The van der Waals surface area contributed by atoms with Crippen molar-refractivity contribution in [3.05, 3.63) is 60.2 Å². The maximum Gasteiger partial charge on any atom is 0.573 e. The average Bonchev–Trinajstić information content (AvgIpc) is 3.25. The Labute approximate surface area is 173 Å². The minimum Gasteiger partial charge on any atom is -0.405 e. The van der Waals surface area contributed by atoms with Crippen molar-refractivity contribution in [3.8, 4) is 17.1 Å². The summed E-state index contributed by atoms with van der Waals surface area (Å²) in [5, 5.41) is 3.79. The zero-order valence-corrected chi connectivity index (χ0v) is 16.0. The van der Waals surface area contributed by atoms with Gasteiger partial charge in [-0.2, -0.15) is 4.98 Å². The maximum atomic E-state index is 15.7. The second-order valence-corrected chi connectivity index (χ2v) is 7.00. The summed E-state index contributed by atoms with van der Waals surface area (Å²) in [4.78, 5) is 22.0. The molecule has 2 aromatic heterocycles. The molecule has 1 aliphatic rings. The lowest BCUT2D eigenvalue weighted by molar-refractivity contribution is -0.274. The van der Waals surface area contributed by atoms with Gasteiger partial charge in [0.2, 0.25) is 11.5 Å². The molecule has 1 aliphatic heterocycles. The van der Waals surface area contributed by atoms with E-state index >= 15 is 4.39 Å². The first-order valence-electron chi connectivity index (χ1n) is 9.33. The Bertz CT molecular complexity index is 1070. The summed E-state index contributed by atoms with van der Waals surface area (Å²) in [6, 6.07) is 8.22. The number of ether oxygens (including phenoxy) is 1. The number of piperidine rings is 1. The van der Waals surface area contributed by atoms with E-state index in [0.717, 1.165) is 11.0 Å². The van der Waals surface area contributed by atoms with Crippen molar-refractivity contribution < 1.29 is 31.6 Å². The van der Waals surface area contributed by atoms with Crippen molar-refractivity contribution in [1.29, 1.82) is 0 Å². The summed E-state index contributed by atoms with van der Waals surface area (Å²) in [6.45, 7) is -0.277. The van der Waals surface area contributed by atoms with Gasteiger partial charge in [-0.3, -0.25) is 9.78 Å². The van der Waals surface area contributed by atoms with Crippen LogP contribution in [0.25, 0.3) is 11.4 Å². The molecule has 7 nitrogen and oxygen atoms in total. The van der Waals surface area contributed by atoms with E-state index in [4.69, 9.17) is 4.52 Å². The Morgan fingerprint density at radius 3 is 2.65 bits per heavy atom. The number of carbonyl (C=O) groups is 1. The molecule has 3 heterocycles. The van der Waals surface area contributed by atoms with Gasteiger partial charge in [-0.25, -0.2) is 4.39 Å². The molecule has 31 heavy (non-hydrogen) atoms. The highest BCUT2D eigenvalue weighted by Crippen LogP contribution is 2.37. The Morgan fingerprint density at radius 1 is 1.16 bits per heavy atom. The molecule has 1 saturated heterocycles. The third-order valence-corrected chi connectivity index (χ3v) is 4.82. The number of rotatable bonds is 4. The average molecular weight is 436 g/mol. The van der Waals surface area contributed by atoms with Crippen molar-refractivity contribution >= 4 is 5.91 Å². The molecule has 11 heteroatoms. The second kappa shape index (κ2) is 7.97. The van der Waals surface area contributed by atoms with Crippen molar-refractivity contribution in [2.24, 2.45) is 0 Å². The van der Waals surface area contributed by atoms with E-state index in [1.807, 2.05) is 0 Å². The maximum absolute atomic E-state index is 15.7. The SMILES string of the molecule is O=C(c1ccccc1OC(F)(F)F)N1CCCC(F)(c2nc(-c3ccncc3)no2)C1. The number of alkyl halides is 4. The van der Waals surface area contributed by atoms with Gasteiger partial charge in [-0.1, -0.05) is 17.3 Å². The number of halogens is 4. The largest absolute Gasteiger partial charge is 0.573 e. The molecular weight excluding hydrogens is 420 g/mol. The number of carbonyl (C=O) groups excluding carboxylic acids is 1. The monoisotopic (exact) mass is 436 g/mol. The van der Waals surface area contributed by atoms with Crippen LogP contribution in [0.3, 0.4) is 0 Å². The molecule has 0 saturated carbocycles. The van der Waals surface area contributed by atoms with Crippen molar-refractivity contribution in [2.75, 3.05) is 13.1 Å². The first kappa shape index (κ1) is 20.8. The number of amides is 1. The number of pyridine rings is 1. The van der Waals surface area contributed by atoms with Crippen LogP contribution in [0.2, 0.25) is 0 Å². The Hall–Kier alpha value is -3.50. The summed E-state index contributed by atoms with van der Waals surface area (Å²) in [5.41, 5.74) is -1.87. The lowest BCUT2D eigenvalue weighted by Crippen LogP contribution is -2.46. The topological polar surface area (TPSA) is 81.4 Å². The van der Waals surface area contributed by atoms with Crippen LogP contribution in [0.15, 0.2) is 53.3 Å². The van der Waals surface area contributed by atoms with Gasteiger partial charge in [0.25, 0.3) is 11.8 Å². The van der Waals surface area contributed by atoms with Gasteiger partial charge in [-0.15, -0.1) is 13.2 Å². The van der Waals surface area contributed by atoms with E-state index in [1.165, 1.54) is 30.6 Å². The van der Waals surface area contributed by atoms with Crippen LogP contribution >= 0.6 is 0 Å². The van der Waals surface area contributed by atoms with Crippen LogP contribution in [0.4, 0.5) is 17.6 Å². The molecule has 0 N–H and O–H groups in total. The van der Waals surface area contributed by atoms with E-state index in [-0.39, 0.29) is 36.7 Å². The molecule has 0 aliphatic carbocycles. The fourth-order valence-corrected chi connectivity index (χ4v) is 3.41. The van der Waals surface area contributed by atoms with Crippen LogP contribution in [0, 0.1) is 0 Å². The van der Waals surface area contributed by atoms with Crippen LogP contribution in [0.5, 0.6) is 5.75 Å². The standard InChI is InChI=1S/C20H16F4N4O3/c21-19(18-26-16(27-31-18)13-6-9-25-10-7-13)8-3-11-28(12-19)17(29)14-4-1-2-5-15(14)30-20(22,23)24/h1-2,4-7,9-10H,3,8,11-12H2. The van der Waals surface area contributed by atoms with Crippen molar-refractivity contribution in [3.63, 3.8) is 0 Å². The lowest BCUT2D eigenvalue weighted by Gasteiger charge is -2.35. The fraction of sp³-hybridized carbons (Fsp3) is 0.300. The minimum atomic E-state index is -4.96. The number of hydrogen-bond donors (Lipinski definition) is 0. The number of benzene rings is 1. The molecule has 1 aromatic carbocycles. The molecule has 162 valence electrons. The number of para-hydroxylation sites is 1. The van der Waals surface area contributed by atoms with Crippen LogP contribution in [-0.2, 0) is 5.67 Å². The molecule has 0 radical (unpaired) electrons. The number of likely N-dealkylation sites (tertiary alicyclic amines) is 1. The summed E-state index contributed by atoms with van der Waals surface area (Å²) >= 11 is 0. The van der Waals surface area contributed by atoms with E-state index in [1.54, 1.807) is 12.1 Å². The summed E-state index contributed by atoms with van der Waals surface area (Å²) in [6.07, 6.45) is -1.63. The highest BCUT2D eigenvalue weighted by Gasteiger charge is 2.44. The Balaban J connectivity index is 1.57. The molecule has 3 aromatic rings. The van der Waals surface area contributed by atoms with Crippen LogP contribution in [-0.4, -0.2) is 45.4 Å². The van der Waals surface area contributed by atoms with Gasteiger partial charge >= 0.3 is 6.36 Å². The summed E-state index contributed by atoms with van der Waals surface area (Å²) in [7, 11) is 0. The smallest absolute Gasteiger partial charge is 0.405 e. The highest BCUT2D eigenvalue weighted by atomic mass is 19.4. The van der Waals surface area contributed by atoms with Gasteiger partial charge < -0.3 is 14.2 Å². The molecule has 0 spiro atoms. The highest BCUT2D eigenvalue weighted by molar-refractivity contribution is 5.97. The zero-order chi connectivity index (χ0) is 22.1. The van der Waals surface area contributed by atoms with E-state index in [2.05, 4.69) is 19.9 Å². The summed E-state index contributed by atoms with van der Waals surface area (Å²) in [5.74, 6) is -1.55. The predicted molar refractivity (Wildman–Crippen MR) is 98.6 cm³/mol.